The predicted molar refractivity (Wildman–Crippen MR) is 123 cm³/mol. The number of aliphatic hydroxyl groups is 1. The van der Waals surface area contributed by atoms with Gasteiger partial charge in [0.15, 0.2) is 6.10 Å². The van der Waals surface area contributed by atoms with E-state index in [1.54, 1.807) is 6.92 Å². The van der Waals surface area contributed by atoms with E-state index in [9.17, 15) is 9.90 Å². The van der Waals surface area contributed by atoms with Crippen molar-refractivity contribution in [3.05, 3.63) is 100 Å². The van der Waals surface area contributed by atoms with Crippen LogP contribution in [-0.2, 0) is 9.53 Å². The van der Waals surface area contributed by atoms with Crippen LogP contribution in [0.1, 0.15) is 29.7 Å². The third-order valence-electron chi connectivity index (χ3n) is 5.15. The van der Waals surface area contributed by atoms with Gasteiger partial charge in [0.25, 0.3) is 0 Å². The highest BCUT2D eigenvalue weighted by atomic mass is 79.9. The van der Waals surface area contributed by atoms with Crippen molar-refractivity contribution in [3.63, 3.8) is 0 Å². The molecule has 1 aliphatic rings. The molecule has 0 aromatic heterocycles. The lowest BCUT2D eigenvalue weighted by molar-refractivity contribution is -0.154. The summed E-state index contributed by atoms with van der Waals surface area (Å²) < 4.78 is 6.13. The van der Waals surface area contributed by atoms with Crippen molar-refractivity contribution in [2.24, 2.45) is 0 Å². The Kier molecular flexibility index (Phi) is 6.02. The molecular formula is C25H22BrNO3. The smallest absolute Gasteiger partial charge is 0.337 e. The number of aliphatic hydroxyl groups excluding tert-OH is 1. The fourth-order valence-corrected chi connectivity index (χ4v) is 4.08. The van der Waals surface area contributed by atoms with E-state index in [0.29, 0.717) is 0 Å². The zero-order valence-electron chi connectivity index (χ0n) is 16.5. The number of anilines is 1. The van der Waals surface area contributed by atoms with Gasteiger partial charge in [-0.3, -0.25) is 0 Å². The van der Waals surface area contributed by atoms with Crippen molar-refractivity contribution < 1.29 is 14.6 Å². The first-order chi connectivity index (χ1) is 14.6. The molecule has 4 rings (SSSR count). The Morgan fingerprint density at radius 2 is 1.70 bits per heavy atom. The van der Waals surface area contributed by atoms with Gasteiger partial charge < -0.3 is 14.7 Å². The van der Waals surface area contributed by atoms with E-state index >= 15 is 0 Å². The van der Waals surface area contributed by atoms with Crippen LogP contribution in [0.5, 0.6) is 0 Å². The number of fused-ring (bicyclic) bond motifs is 1. The second kappa shape index (κ2) is 8.86. The minimum Gasteiger partial charge on any atom is -0.464 e. The maximum atomic E-state index is 12.6. The van der Waals surface area contributed by atoms with Crippen molar-refractivity contribution >= 4 is 39.4 Å². The fraction of sp³-hybridized carbons (Fsp3) is 0.160. The summed E-state index contributed by atoms with van der Waals surface area (Å²) in [6.45, 7) is 1.95. The van der Waals surface area contributed by atoms with Gasteiger partial charge in [-0.2, -0.15) is 0 Å². The average Bonchev–Trinajstić information content (AvgIpc) is 2.78. The summed E-state index contributed by atoms with van der Waals surface area (Å²) in [4.78, 5) is 14.6. The van der Waals surface area contributed by atoms with Crippen LogP contribution >= 0.6 is 15.9 Å². The molecule has 2 unspecified atom stereocenters. The monoisotopic (exact) mass is 463 g/mol. The number of nitrogens with zero attached hydrogens (tertiary/aromatic N) is 1. The Labute approximate surface area is 184 Å². The third-order valence-corrected chi connectivity index (χ3v) is 5.67. The maximum Gasteiger partial charge on any atom is 0.337 e. The molecule has 152 valence electrons. The number of halogens is 1. The number of carbonyl (C=O) groups excluding carboxylic acids is 1. The van der Waals surface area contributed by atoms with Crippen molar-refractivity contribution in [1.29, 1.82) is 0 Å². The lowest BCUT2D eigenvalue weighted by Gasteiger charge is -2.41. The molecule has 0 fully saturated rings. The van der Waals surface area contributed by atoms with E-state index in [-0.39, 0.29) is 6.61 Å². The highest BCUT2D eigenvalue weighted by Crippen LogP contribution is 2.43. The Balaban J connectivity index is 1.93. The van der Waals surface area contributed by atoms with Crippen LogP contribution in [0.25, 0.3) is 11.8 Å². The molecule has 0 amide bonds. The molecule has 0 saturated heterocycles. The molecule has 0 radical (unpaired) electrons. The van der Waals surface area contributed by atoms with Crippen LogP contribution in [0.4, 0.5) is 5.69 Å². The van der Waals surface area contributed by atoms with Gasteiger partial charge in [0, 0.05) is 15.9 Å². The Morgan fingerprint density at radius 3 is 2.40 bits per heavy atom. The van der Waals surface area contributed by atoms with E-state index in [0.717, 1.165) is 32.5 Å². The Hall–Kier alpha value is -2.89. The Bertz CT molecular complexity index is 1060. The first-order valence-electron chi connectivity index (χ1n) is 9.85. The lowest BCUT2D eigenvalue weighted by Crippen LogP contribution is -2.42. The predicted octanol–water partition coefficient (Wildman–Crippen LogP) is 5.43. The van der Waals surface area contributed by atoms with Gasteiger partial charge >= 0.3 is 5.97 Å². The van der Waals surface area contributed by atoms with Gasteiger partial charge in [-0.15, -0.1) is 0 Å². The second-order valence-electron chi connectivity index (χ2n) is 7.01. The number of hydrogen-bond acceptors (Lipinski definition) is 4. The number of carbonyl (C=O) groups is 1. The van der Waals surface area contributed by atoms with Crippen LogP contribution in [0.2, 0.25) is 0 Å². The summed E-state index contributed by atoms with van der Waals surface area (Å²) in [5, 5.41) is 11.1. The molecule has 4 nitrogen and oxygen atoms in total. The highest BCUT2D eigenvalue weighted by Gasteiger charge is 2.39. The summed E-state index contributed by atoms with van der Waals surface area (Å²) >= 11 is 3.49. The summed E-state index contributed by atoms with van der Waals surface area (Å²) in [6, 6.07) is 25.0. The van der Waals surface area contributed by atoms with Gasteiger partial charge in [0.1, 0.15) is 0 Å². The number of hydrogen-bond donors (Lipinski definition) is 1. The molecule has 0 saturated carbocycles. The van der Waals surface area contributed by atoms with Gasteiger partial charge in [-0.25, -0.2) is 4.79 Å². The quantitative estimate of drug-likeness (QED) is 0.512. The molecule has 0 aliphatic carbocycles. The van der Waals surface area contributed by atoms with Crippen LogP contribution in [0.15, 0.2) is 83.3 Å². The van der Waals surface area contributed by atoms with E-state index in [4.69, 9.17) is 4.74 Å². The SMILES string of the molecule is CCOC(=O)C(O)C1c2ccccc2C=C(c2ccccc2)N1c1ccc(Br)cc1. The molecule has 1 heterocycles. The first kappa shape index (κ1) is 20.4. The molecule has 3 aromatic rings. The summed E-state index contributed by atoms with van der Waals surface area (Å²) in [7, 11) is 0. The van der Waals surface area contributed by atoms with Gasteiger partial charge in [-0.1, -0.05) is 70.5 Å². The molecule has 0 spiro atoms. The van der Waals surface area contributed by atoms with Crippen LogP contribution in [0, 0.1) is 0 Å². The number of esters is 1. The summed E-state index contributed by atoms with van der Waals surface area (Å²) in [5.74, 6) is -0.631. The number of ether oxygens (including phenoxy) is 1. The maximum absolute atomic E-state index is 12.6. The number of rotatable bonds is 5. The van der Waals surface area contributed by atoms with Gasteiger partial charge in [0.2, 0.25) is 0 Å². The molecule has 2 atom stereocenters. The standard InChI is InChI=1S/C25H22BrNO3/c1-2-30-25(29)24(28)23-21-11-7-6-10-18(21)16-22(17-8-4-3-5-9-17)27(23)20-14-12-19(26)13-15-20/h3-16,23-24,28H,2H2,1H3. The molecule has 1 aliphatic heterocycles. The van der Waals surface area contributed by atoms with Crippen LogP contribution < -0.4 is 4.90 Å². The van der Waals surface area contributed by atoms with E-state index in [2.05, 4.69) is 22.0 Å². The zero-order valence-corrected chi connectivity index (χ0v) is 18.1. The number of benzene rings is 3. The molecule has 30 heavy (non-hydrogen) atoms. The van der Waals surface area contributed by atoms with Crippen LogP contribution in [0.3, 0.4) is 0 Å². The highest BCUT2D eigenvalue weighted by molar-refractivity contribution is 9.10. The lowest BCUT2D eigenvalue weighted by atomic mass is 9.88. The Morgan fingerprint density at radius 1 is 1.03 bits per heavy atom. The van der Waals surface area contributed by atoms with Crippen LogP contribution in [-0.4, -0.2) is 23.8 Å². The fourth-order valence-electron chi connectivity index (χ4n) is 3.82. The largest absolute Gasteiger partial charge is 0.464 e. The summed E-state index contributed by atoms with van der Waals surface area (Å²) in [6.07, 6.45) is 0.753. The van der Waals surface area contributed by atoms with E-state index in [1.807, 2.05) is 83.8 Å². The normalized spacial score (nSPS) is 16.4. The van der Waals surface area contributed by atoms with Gasteiger partial charge in [-0.05, 0) is 54.0 Å². The molecule has 3 aromatic carbocycles. The van der Waals surface area contributed by atoms with Crippen molar-refractivity contribution in [1.82, 2.24) is 0 Å². The topological polar surface area (TPSA) is 49.8 Å². The van der Waals surface area contributed by atoms with E-state index < -0.39 is 18.1 Å². The second-order valence-corrected chi connectivity index (χ2v) is 7.93. The van der Waals surface area contributed by atoms with Crippen molar-refractivity contribution in [2.45, 2.75) is 19.1 Å². The van der Waals surface area contributed by atoms with Crippen molar-refractivity contribution in [2.75, 3.05) is 11.5 Å². The van der Waals surface area contributed by atoms with Gasteiger partial charge in [0.05, 0.1) is 12.6 Å². The third kappa shape index (κ3) is 3.91. The van der Waals surface area contributed by atoms with Crippen molar-refractivity contribution in [3.8, 4) is 0 Å². The minimum atomic E-state index is -1.35. The molecular weight excluding hydrogens is 442 g/mol. The summed E-state index contributed by atoms with van der Waals surface area (Å²) in [5.41, 5.74) is 4.62. The minimum absolute atomic E-state index is 0.212. The average molecular weight is 464 g/mol. The molecule has 1 N–H and O–H groups in total. The van der Waals surface area contributed by atoms with E-state index in [1.165, 1.54) is 0 Å². The first-order valence-corrected chi connectivity index (χ1v) is 10.6. The zero-order chi connectivity index (χ0) is 21.1. The molecule has 0 bridgehead atoms. The molecule has 5 heteroatoms.